The fraction of sp³-hybridized carbons (Fsp3) is 0.438. The first kappa shape index (κ1) is 12.3. The monoisotopic (exact) mass is 257 g/mol. The van der Waals surface area contributed by atoms with Crippen LogP contribution in [0.15, 0.2) is 18.2 Å². The van der Waals surface area contributed by atoms with Gasteiger partial charge in [-0.2, -0.15) is 0 Å². The van der Waals surface area contributed by atoms with Crippen LogP contribution in [0.3, 0.4) is 0 Å². The highest BCUT2D eigenvalue weighted by Gasteiger charge is 2.19. The molecular formula is C16H19NO2. The van der Waals surface area contributed by atoms with E-state index in [9.17, 15) is 4.79 Å². The molecule has 100 valence electrons. The van der Waals surface area contributed by atoms with Gasteiger partial charge in [0.15, 0.2) is 0 Å². The van der Waals surface area contributed by atoms with Crippen molar-refractivity contribution in [2.75, 3.05) is 0 Å². The molecule has 1 aliphatic rings. The number of carboxylic acid groups (broad SMARTS) is 1. The van der Waals surface area contributed by atoms with Crippen molar-refractivity contribution in [3.8, 4) is 0 Å². The number of aromatic nitrogens is 1. The smallest absolute Gasteiger partial charge is 0.303 e. The van der Waals surface area contributed by atoms with Gasteiger partial charge in [0.05, 0.1) is 5.52 Å². The normalized spacial score (nSPS) is 13.9. The third-order valence-corrected chi connectivity index (χ3v) is 4.20. The van der Waals surface area contributed by atoms with Crippen LogP contribution >= 0.6 is 0 Å². The summed E-state index contributed by atoms with van der Waals surface area (Å²) in [7, 11) is 0. The van der Waals surface area contributed by atoms with E-state index in [4.69, 9.17) is 5.11 Å². The summed E-state index contributed by atoms with van der Waals surface area (Å²) in [6.45, 7) is 3.27. The SMILES string of the molecule is Cc1c(CCCC(=O)O)c2cccc3c2n1CCC3. The van der Waals surface area contributed by atoms with E-state index in [1.54, 1.807) is 0 Å². The second-order valence-electron chi connectivity index (χ2n) is 5.38. The summed E-state index contributed by atoms with van der Waals surface area (Å²) in [4.78, 5) is 10.7. The van der Waals surface area contributed by atoms with Crippen LogP contribution < -0.4 is 0 Å². The molecule has 0 fully saturated rings. The van der Waals surface area contributed by atoms with Crippen molar-refractivity contribution in [3.63, 3.8) is 0 Å². The topological polar surface area (TPSA) is 42.2 Å². The fourth-order valence-electron chi connectivity index (χ4n) is 3.32. The molecule has 2 heterocycles. The summed E-state index contributed by atoms with van der Waals surface area (Å²) < 4.78 is 2.42. The van der Waals surface area contributed by atoms with Gasteiger partial charge >= 0.3 is 5.97 Å². The second-order valence-corrected chi connectivity index (χ2v) is 5.38. The Morgan fingerprint density at radius 1 is 1.42 bits per heavy atom. The third kappa shape index (κ3) is 2.03. The van der Waals surface area contributed by atoms with E-state index in [1.807, 2.05) is 0 Å². The average molecular weight is 257 g/mol. The molecule has 1 N–H and O–H groups in total. The Bertz CT molecular complexity index is 640. The first-order chi connectivity index (χ1) is 9.18. The maximum absolute atomic E-state index is 10.7. The van der Waals surface area contributed by atoms with Gasteiger partial charge in [-0.15, -0.1) is 0 Å². The molecule has 3 heteroatoms. The Balaban J connectivity index is 2.03. The standard InChI is InChI=1S/C16H19NO2/c1-11-13(7-3-9-15(18)19)14-8-2-5-12-6-4-10-17(11)16(12)14/h2,5,8H,3-4,6-7,9-10H2,1H3,(H,18,19). The number of benzene rings is 1. The zero-order valence-electron chi connectivity index (χ0n) is 11.3. The van der Waals surface area contributed by atoms with Gasteiger partial charge in [-0.3, -0.25) is 4.79 Å². The summed E-state index contributed by atoms with van der Waals surface area (Å²) >= 11 is 0. The molecule has 0 unspecified atom stereocenters. The number of rotatable bonds is 4. The lowest BCUT2D eigenvalue weighted by Gasteiger charge is -2.16. The van der Waals surface area contributed by atoms with Crippen LogP contribution in [0.25, 0.3) is 10.9 Å². The molecule has 0 bridgehead atoms. The lowest BCUT2D eigenvalue weighted by atomic mass is 10.0. The van der Waals surface area contributed by atoms with Crippen molar-refractivity contribution in [2.45, 2.75) is 45.6 Å². The molecule has 1 aliphatic heterocycles. The molecule has 0 saturated carbocycles. The van der Waals surface area contributed by atoms with Crippen molar-refractivity contribution in [2.24, 2.45) is 0 Å². The fourth-order valence-corrected chi connectivity index (χ4v) is 3.32. The molecule has 3 rings (SSSR count). The quantitative estimate of drug-likeness (QED) is 0.913. The van der Waals surface area contributed by atoms with E-state index in [-0.39, 0.29) is 6.42 Å². The Kier molecular flexibility index (Phi) is 3.05. The second kappa shape index (κ2) is 4.72. The first-order valence-corrected chi connectivity index (χ1v) is 7.00. The largest absolute Gasteiger partial charge is 0.481 e. The Morgan fingerprint density at radius 2 is 2.26 bits per heavy atom. The minimum absolute atomic E-state index is 0.256. The highest BCUT2D eigenvalue weighted by molar-refractivity contribution is 5.88. The van der Waals surface area contributed by atoms with Crippen LogP contribution in [0.4, 0.5) is 0 Å². The average Bonchev–Trinajstić information content (AvgIpc) is 2.67. The zero-order chi connectivity index (χ0) is 13.4. The Morgan fingerprint density at radius 3 is 3.05 bits per heavy atom. The molecule has 19 heavy (non-hydrogen) atoms. The number of para-hydroxylation sites is 1. The van der Waals surface area contributed by atoms with E-state index >= 15 is 0 Å². The number of hydrogen-bond donors (Lipinski definition) is 1. The summed E-state index contributed by atoms with van der Waals surface area (Å²) in [6.07, 6.45) is 4.21. The number of nitrogens with zero attached hydrogens (tertiary/aromatic N) is 1. The van der Waals surface area contributed by atoms with Gasteiger partial charge in [-0.1, -0.05) is 18.2 Å². The molecule has 0 amide bonds. The van der Waals surface area contributed by atoms with Gasteiger partial charge in [-0.05, 0) is 43.7 Å². The van der Waals surface area contributed by atoms with Crippen molar-refractivity contribution < 1.29 is 9.90 Å². The molecule has 1 aromatic heterocycles. The maximum Gasteiger partial charge on any atom is 0.303 e. The molecule has 0 radical (unpaired) electrons. The Labute approximate surface area is 112 Å². The summed E-state index contributed by atoms with van der Waals surface area (Å²) in [5.41, 5.74) is 5.50. The lowest BCUT2D eigenvalue weighted by Crippen LogP contribution is -2.08. The molecule has 0 saturated heterocycles. The van der Waals surface area contributed by atoms with E-state index in [2.05, 4.69) is 29.7 Å². The van der Waals surface area contributed by atoms with Crippen molar-refractivity contribution in [1.82, 2.24) is 4.57 Å². The summed E-state index contributed by atoms with van der Waals surface area (Å²) in [5.74, 6) is -0.702. The number of aryl methyl sites for hydroxylation is 3. The van der Waals surface area contributed by atoms with Crippen LogP contribution in [0.1, 0.15) is 36.1 Å². The molecule has 0 spiro atoms. The minimum Gasteiger partial charge on any atom is -0.481 e. The number of carboxylic acids is 1. The van der Waals surface area contributed by atoms with Gasteiger partial charge < -0.3 is 9.67 Å². The van der Waals surface area contributed by atoms with Crippen LogP contribution in [0, 0.1) is 6.92 Å². The van der Waals surface area contributed by atoms with Gasteiger partial charge in [0, 0.05) is 24.0 Å². The van der Waals surface area contributed by atoms with Gasteiger partial charge in [-0.25, -0.2) is 0 Å². The third-order valence-electron chi connectivity index (χ3n) is 4.20. The first-order valence-electron chi connectivity index (χ1n) is 7.00. The summed E-state index contributed by atoms with van der Waals surface area (Å²) in [6, 6.07) is 6.54. The minimum atomic E-state index is -0.702. The molecule has 2 aromatic rings. The number of aliphatic carboxylic acids is 1. The molecular weight excluding hydrogens is 238 g/mol. The Hall–Kier alpha value is -1.77. The van der Waals surface area contributed by atoms with Crippen molar-refractivity contribution in [1.29, 1.82) is 0 Å². The molecule has 0 atom stereocenters. The number of hydrogen-bond acceptors (Lipinski definition) is 1. The molecule has 1 aromatic carbocycles. The van der Waals surface area contributed by atoms with E-state index < -0.39 is 5.97 Å². The predicted octanol–water partition coefficient (Wildman–Crippen LogP) is 3.30. The maximum atomic E-state index is 10.7. The van der Waals surface area contributed by atoms with E-state index in [0.717, 1.165) is 25.8 Å². The van der Waals surface area contributed by atoms with Crippen LogP contribution in [-0.2, 0) is 24.2 Å². The predicted molar refractivity (Wildman–Crippen MR) is 75.6 cm³/mol. The van der Waals surface area contributed by atoms with Crippen LogP contribution in [0.2, 0.25) is 0 Å². The highest BCUT2D eigenvalue weighted by atomic mass is 16.4. The van der Waals surface area contributed by atoms with Crippen LogP contribution in [0.5, 0.6) is 0 Å². The number of carbonyl (C=O) groups is 1. The lowest BCUT2D eigenvalue weighted by molar-refractivity contribution is -0.137. The van der Waals surface area contributed by atoms with E-state index in [0.29, 0.717) is 0 Å². The van der Waals surface area contributed by atoms with Gasteiger partial charge in [0.1, 0.15) is 0 Å². The van der Waals surface area contributed by atoms with Gasteiger partial charge in [0.25, 0.3) is 0 Å². The van der Waals surface area contributed by atoms with Gasteiger partial charge in [0.2, 0.25) is 0 Å². The van der Waals surface area contributed by atoms with E-state index in [1.165, 1.54) is 34.1 Å². The highest BCUT2D eigenvalue weighted by Crippen LogP contribution is 2.33. The van der Waals surface area contributed by atoms with Crippen molar-refractivity contribution >= 4 is 16.9 Å². The van der Waals surface area contributed by atoms with Crippen LogP contribution in [-0.4, -0.2) is 15.6 Å². The molecule has 3 nitrogen and oxygen atoms in total. The molecule has 0 aliphatic carbocycles. The summed E-state index contributed by atoms with van der Waals surface area (Å²) in [5, 5.41) is 10.1. The zero-order valence-corrected chi connectivity index (χ0v) is 11.3. The van der Waals surface area contributed by atoms with Crippen molar-refractivity contribution in [3.05, 3.63) is 35.0 Å².